The van der Waals surface area contributed by atoms with Crippen molar-refractivity contribution in [2.45, 2.75) is 20.8 Å². The van der Waals surface area contributed by atoms with Crippen LogP contribution in [0.1, 0.15) is 16.7 Å². The lowest BCUT2D eigenvalue weighted by Gasteiger charge is -2.17. The second-order valence-corrected chi connectivity index (χ2v) is 6.91. The highest BCUT2D eigenvalue weighted by molar-refractivity contribution is 6.30. The molecule has 0 unspecified atom stereocenters. The number of benzene rings is 2. The molecular weight excluding hydrogens is 350 g/mol. The van der Waals surface area contributed by atoms with E-state index >= 15 is 0 Å². The highest BCUT2D eigenvalue weighted by Crippen LogP contribution is 2.20. The van der Waals surface area contributed by atoms with Crippen molar-refractivity contribution in [2.24, 2.45) is 0 Å². The minimum atomic E-state index is -0.183. The minimum absolute atomic E-state index is 0.113. The molecule has 0 aliphatic rings. The third kappa shape index (κ3) is 5.58. The van der Waals surface area contributed by atoms with Gasteiger partial charge in [0.05, 0.1) is 13.1 Å². The van der Waals surface area contributed by atoms with Crippen molar-refractivity contribution < 1.29 is 9.59 Å². The summed E-state index contributed by atoms with van der Waals surface area (Å²) in [5.74, 6) is -0.339. The number of aryl methyl sites for hydroxylation is 2. The SMILES string of the molecule is Cc1cc(Cl)ccc1NC(=O)CN(C)CC(=O)Nc1cccc(C)c1C. The van der Waals surface area contributed by atoms with Gasteiger partial charge in [-0.3, -0.25) is 14.5 Å². The van der Waals surface area contributed by atoms with E-state index in [0.29, 0.717) is 10.7 Å². The van der Waals surface area contributed by atoms with Crippen molar-refractivity contribution in [2.75, 3.05) is 30.8 Å². The second kappa shape index (κ2) is 8.83. The molecule has 0 saturated heterocycles. The van der Waals surface area contributed by atoms with Gasteiger partial charge in [-0.2, -0.15) is 0 Å². The summed E-state index contributed by atoms with van der Waals surface area (Å²) in [7, 11) is 1.73. The zero-order chi connectivity index (χ0) is 19.3. The number of likely N-dealkylation sites (N-methyl/N-ethyl adjacent to an activating group) is 1. The molecule has 0 bridgehead atoms. The normalized spacial score (nSPS) is 10.7. The lowest BCUT2D eigenvalue weighted by atomic mass is 10.1. The molecule has 2 aromatic carbocycles. The Kier molecular flexibility index (Phi) is 6.77. The van der Waals surface area contributed by atoms with E-state index in [-0.39, 0.29) is 24.9 Å². The van der Waals surface area contributed by atoms with Gasteiger partial charge >= 0.3 is 0 Å². The van der Waals surface area contributed by atoms with Crippen molar-refractivity contribution in [1.82, 2.24) is 4.90 Å². The molecule has 0 aliphatic carbocycles. The Labute approximate surface area is 159 Å². The van der Waals surface area contributed by atoms with Crippen LogP contribution in [0.15, 0.2) is 36.4 Å². The van der Waals surface area contributed by atoms with E-state index in [1.165, 1.54) is 0 Å². The first-order valence-corrected chi connectivity index (χ1v) is 8.74. The maximum absolute atomic E-state index is 12.2. The Bertz CT molecular complexity index is 821. The van der Waals surface area contributed by atoms with Crippen LogP contribution in [-0.2, 0) is 9.59 Å². The van der Waals surface area contributed by atoms with Gasteiger partial charge in [-0.1, -0.05) is 23.7 Å². The van der Waals surface area contributed by atoms with E-state index in [0.717, 1.165) is 22.4 Å². The third-order valence-electron chi connectivity index (χ3n) is 4.17. The minimum Gasteiger partial charge on any atom is -0.325 e. The summed E-state index contributed by atoms with van der Waals surface area (Å²) in [6.07, 6.45) is 0. The van der Waals surface area contributed by atoms with Gasteiger partial charge in [-0.15, -0.1) is 0 Å². The fourth-order valence-electron chi connectivity index (χ4n) is 2.58. The standard InChI is InChI=1S/C20H24ClN3O2/c1-13-6-5-7-18(15(13)3)23-20(26)12-24(4)11-19(25)22-17-9-8-16(21)10-14(17)2/h5-10H,11-12H2,1-4H3,(H,22,25)(H,23,26). The Morgan fingerprint density at radius 3 is 2.15 bits per heavy atom. The van der Waals surface area contributed by atoms with E-state index in [9.17, 15) is 9.59 Å². The summed E-state index contributed by atoms with van der Waals surface area (Å²) in [4.78, 5) is 26.1. The summed E-state index contributed by atoms with van der Waals surface area (Å²) in [6, 6.07) is 11.1. The maximum atomic E-state index is 12.2. The van der Waals surface area contributed by atoms with Crippen LogP contribution in [0.4, 0.5) is 11.4 Å². The van der Waals surface area contributed by atoms with Crippen molar-refractivity contribution >= 4 is 34.8 Å². The largest absolute Gasteiger partial charge is 0.325 e. The number of halogens is 1. The predicted octanol–water partition coefficient (Wildman–Crippen LogP) is 3.77. The van der Waals surface area contributed by atoms with Crippen LogP contribution >= 0.6 is 11.6 Å². The van der Waals surface area contributed by atoms with Gasteiger partial charge in [0.15, 0.2) is 0 Å². The first-order chi connectivity index (χ1) is 12.3. The number of hydrogen-bond acceptors (Lipinski definition) is 3. The lowest BCUT2D eigenvalue weighted by molar-refractivity contribution is -0.119. The summed E-state index contributed by atoms with van der Waals surface area (Å²) >= 11 is 5.92. The van der Waals surface area contributed by atoms with E-state index in [1.807, 2.05) is 39.0 Å². The first-order valence-electron chi connectivity index (χ1n) is 8.37. The number of carbonyl (C=O) groups is 2. The number of carbonyl (C=O) groups excluding carboxylic acids is 2. The number of amides is 2. The predicted molar refractivity (Wildman–Crippen MR) is 107 cm³/mol. The van der Waals surface area contributed by atoms with Gasteiger partial charge in [0, 0.05) is 16.4 Å². The maximum Gasteiger partial charge on any atom is 0.238 e. The number of anilines is 2. The molecule has 0 radical (unpaired) electrons. The summed E-state index contributed by atoms with van der Waals surface area (Å²) in [6.45, 7) is 6.09. The third-order valence-corrected chi connectivity index (χ3v) is 4.40. The van der Waals surface area contributed by atoms with Crippen LogP contribution in [-0.4, -0.2) is 36.9 Å². The molecule has 0 fully saturated rings. The number of nitrogens with one attached hydrogen (secondary N) is 2. The first kappa shape index (κ1) is 19.9. The molecule has 138 valence electrons. The molecular formula is C20H24ClN3O2. The molecule has 0 aliphatic heterocycles. The molecule has 5 nitrogen and oxygen atoms in total. The van der Waals surface area contributed by atoms with Crippen molar-refractivity contribution in [3.05, 3.63) is 58.1 Å². The summed E-state index contributed by atoms with van der Waals surface area (Å²) < 4.78 is 0. The van der Waals surface area contributed by atoms with E-state index in [4.69, 9.17) is 11.6 Å². The molecule has 2 amide bonds. The van der Waals surface area contributed by atoms with E-state index < -0.39 is 0 Å². The average molecular weight is 374 g/mol. The van der Waals surface area contributed by atoms with E-state index in [2.05, 4.69) is 10.6 Å². The smallest absolute Gasteiger partial charge is 0.238 e. The molecule has 6 heteroatoms. The average Bonchev–Trinajstić information content (AvgIpc) is 2.54. The second-order valence-electron chi connectivity index (χ2n) is 6.48. The molecule has 2 N–H and O–H groups in total. The fourth-order valence-corrected chi connectivity index (χ4v) is 2.81. The molecule has 0 aromatic heterocycles. The van der Waals surface area contributed by atoms with Crippen LogP contribution in [0.25, 0.3) is 0 Å². The quantitative estimate of drug-likeness (QED) is 0.810. The number of rotatable bonds is 6. The van der Waals surface area contributed by atoms with Gasteiger partial charge in [0.25, 0.3) is 0 Å². The lowest BCUT2D eigenvalue weighted by Crippen LogP contribution is -2.36. The Morgan fingerprint density at radius 1 is 0.923 bits per heavy atom. The van der Waals surface area contributed by atoms with Crippen molar-refractivity contribution in [3.63, 3.8) is 0 Å². The van der Waals surface area contributed by atoms with Crippen molar-refractivity contribution in [1.29, 1.82) is 0 Å². The van der Waals surface area contributed by atoms with Gasteiger partial charge in [0.2, 0.25) is 11.8 Å². The molecule has 0 spiro atoms. The molecule has 0 atom stereocenters. The van der Waals surface area contributed by atoms with Gasteiger partial charge in [-0.05, 0) is 68.8 Å². The number of hydrogen-bond donors (Lipinski definition) is 2. The molecule has 2 rings (SSSR count). The highest BCUT2D eigenvalue weighted by Gasteiger charge is 2.13. The summed E-state index contributed by atoms with van der Waals surface area (Å²) in [5.41, 5.74) is 4.56. The van der Waals surface area contributed by atoms with E-state index in [1.54, 1.807) is 30.1 Å². The van der Waals surface area contributed by atoms with Crippen LogP contribution in [0.3, 0.4) is 0 Å². The Morgan fingerprint density at radius 2 is 1.54 bits per heavy atom. The number of nitrogens with zero attached hydrogens (tertiary/aromatic N) is 1. The fraction of sp³-hybridized carbons (Fsp3) is 0.300. The van der Waals surface area contributed by atoms with Gasteiger partial charge < -0.3 is 10.6 Å². The Hall–Kier alpha value is -2.37. The monoisotopic (exact) mass is 373 g/mol. The zero-order valence-corrected chi connectivity index (χ0v) is 16.3. The van der Waals surface area contributed by atoms with Crippen LogP contribution in [0.2, 0.25) is 5.02 Å². The molecule has 0 heterocycles. The topological polar surface area (TPSA) is 61.4 Å². The van der Waals surface area contributed by atoms with Gasteiger partial charge in [-0.25, -0.2) is 0 Å². The molecule has 2 aromatic rings. The van der Waals surface area contributed by atoms with Crippen LogP contribution in [0, 0.1) is 20.8 Å². The molecule has 0 saturated carbocycles. The zero-order valence-electron chi connectivity index (χ0n) is 15.5. The van der Waals surface area contributed by atoms with Gasteiger partial charge in [0.1, 0.15) is 0 Å². The highest BCUT2D eigenvalue weighted by atomic mass is 35.5. The van der Waals surface area contributed by atoms with Crippen molar-refractivity contribution in [3.8, 4) is 0 Å². The summed E-state index contributed by atoms with van der Waals surface area (Å²) in [5, 5.41) is 6.36. The van der Waals surface area contributed by atoms with Crippen LogP contribution < -0.4 is 10.6 Å². The molecule has 26 heavy (non-hydrogen) atoms. The van der Waals surface area contributed by atoms with Crippen LogP contribution in [0.5, 0.6) is 0 Å². The Balaban J connectivity index is 1.87.